The lowest BCUT2D eigenvalue weighted by atomic mass is 9.82. The molecule has 2 saturated heterocycles. The van der Waals surface area contributed by atoms with Crippen LogP contribution in [0.5, 0.6) is 0 Å². The number of fused-ring (bicyclic) bond motifs is 1. The third kappa shape index (κ3) is 18.8. The second-order valence-corrected chi connectivity index (χ2v) is 26.5. The highest BCUT2D eigenvalue weighted by Crippen LogP contribution is 2.76. The Kier molecular flexibility index (Phi) is 30.0. The van der Waals surface area contributed by atoms with Crippen molar-refractivity contribution in [1.82, 2.24) is 46.4 Å². The summed E-state index contributed by atoms with van der Waals surface area (Å²) in [6, 6.07) is 4.90. The van der Waals surface area contributed by atoms with Gasteiger partial charge in [-0.1, -0.05) is 120 Å². The molecule has 13 atom stereocenters. The van der Waals surface area contributed by atoms with E-state index in [0.29, 0.717) is 77.5 Å². The van der Waals surface area contributed by atoms with Gasteiger partial charge >= 0.3 is 0 Å². The fraction of sp³-hybridized carbons (Fsp3) is 0.776. The van der Waals surface area contributed by atoms with Crippen LogP contribution >= 0.6 is 0 Å². The molecule has 1 aromatic rings. The van der Waals surface area contributed by atoms with Crippen LogP contribution in [0, 0.1) is 46.3 Å². The summed E-state index contributed by atoms with van der Waals surface area (Å²) in [5.41, 5.74) is 6.24. The molecular formula is C67H113N9O12. The molecule has 0 aromatic heterocycles. The van der Waals surface area contributed by atoms with Gasteiger partial charge in [-0.2, -0.15) is 0 Å². The number of likely N-dealkylation sites (N-methyl/N-ethyl adjacent to an activating group) is 2. The van der Waals surface area contributed by atoms with Gasteiger partial charge in [0.15, 0.2) is 0 Å². The van der Waals surface area contributed by atoms with E-state index >= 15 is 0 Å². The number of methoxy groups -OCH3 is 2. The number of piperidine rings is 1. The van der Waals surface area contributed by atoms with Gasteiger partial charge in [0.1, 0.15) is 12.1 Å². The lowest BCUT2D eigenvalue weighted by Gasteiger charge is -2.37. The van der Waals surface area contributed by atoms with Crippen molar-refractivity contribution in [2.45, 2.75) is 235 Å². The van der Waals surface area contributed by atoms with Crippen molar-refractivity contribution in [3.05, 3.63) is 35.4 Å². The van der Waals surface area contributed by atoms with Gasteiger partial charge in [-0.3, -0.25) is 63.8 Å². The lowest BCUT2D eigenvalue weighted by molar-refractivity contribution is -0.145. The fourth-order valence-electron chi connectivity index (χ4n) is 14.1. The Hall–Kier alpha value is -5.51. The minimum Gasteiger partial charge on any atom is -0.391 e. The molecule has 0 bridgehead atoms. The predicted molar refractivity (Wildman–Crippen MR) is 339 cm³/mol. The van der Waals surface area contributed by atoms with Crippen LogP contribution < -0.4 is 26.8 Å². The molecular weight excluding hydrogens is 1120 g/mol. The molecule has 1 aliphatic carbocycles. The van der Waals surface area contributed by atoms with Crippen molar-refractivity contribution in [3.63, 3.8) is 0 Å². The van der Waals surface area contributed by atoms with Gasteiger partial charge in [0.05, 0.1) is 54.1 Å². The highest BCUT2D eigenvalue weighted by Gasteiger charge is 2.83. The van der Waals surface area contributed by atoms with Gasteiger partial charge < -0.3 is 40.3 Å². The Morgan fingerprint density at radius 2 is 1.42 bits per heavy atom. The van der Waals surface area contributed by atoms with Crippen LogP contribution in [0.1, 0.15) is 191 Å². The number of aryl methyl sites for hydroxylation is 1. The van der Waals surface area contributed by atoms with Crippen molar-refractivity contribution in [2.24, 2.45) is 46.3 Å². The van der Waals surface area contributed by atoms with Crippen LogP contribution in [0.3, 0.4) is 0 Å². The molecule has 4 rings (SSSR count). The molecule has 1 saturated carbocycles. The minimum absolute atomic E-state index is 0.0550. The predicted octanol–water partition coefficient (Wildman–Crippen LogP) is 6.47. The Bertz CT molecular complexity index is 2490. The van der Waals surface area contributed by atoms with Gasteiger partial charge in [0, 0.05) is 60.3 Å². The topological polar surface area (TPSA) is 265 Å². The van der Waals surface area contributed by atoms with E-state index in [0.717, 1.165) is 37.7 Å². The molecule has 3 fully saturated rings. The maximum atomic E-state index is 14.4. The quantitative estimate of drug-likeness (QED) is 0.0235. The van der Waals surface area contributed by atoms with Crippen molar-refractivity contribution < 1.29 is 57.7 Å². The summed E-state index contributed by atoms with van der Waals surface area (Å²) in [5.74, 6) is -3.96. The van der Waals surface area contributed by atoms with E-state index < -0.39 is 65.6 Å². The lowest BCUT2D eigenvalue weighted by Crippen LogP contribution is -2.56. The number of nitrogens with one attached hydrogen (secondary N) is 5. The smallest absolute Gasteiger partial charge is 0.245 e. The van der Waals surface area contributed by atoms with Crippen LogP contribution in [0.25, 0.3) is 0 Å². The number of hydrazine groups is 1. The third-order valence-corrected chi connectivity index (χ3v) is 19.9. The Labute approximate surface area is 526 Å². The molecule has 6 N–H and O–H groups in total. The number of unbranched alkanes of at least 4 members (excludes halogenated alkanes) is 3. The number of imide groups is 1. The van der Waals surface area contributed by atoms with Gasteiger partial charge in [0.25, 0.3) is 0 Å². The monoisotopic (exact) mass is 1240 g/mol. The van der Waals surface area contributed by atoms with Crippen LogP contribution in [0.2, 0.25) is 0 Å². The Balaban J connectivity index is 1.25. The Morgan fingerprint density at radius 1 is 0.773 bits per heavy atom. The number of benzene rings is 1. The zero-order valence-corrected chi connectivity index (χ0v) is 56.4. The van der Waals surface area contributed by atoms with Gasteiger partial charge in [-0.05, 0) is 125 Å². The number of rotatable bonds is 39. The third-order valence-electron chi connectivity index (χ3n) is 19.9. The molecule has 21 nitrogen and oxygen atoms in total. The highest BCUT2D eigenvalue weighted by molar-refractivity contribution is 6.13. The van der Waals surface area contributed by atoms with Crippen molar-refractivity contribution in [1.29, 1.82) is 0 Å². The molecule has 2 aliphatic heterocycles. The van der Waals surface area contributed by atoms with E-state index in [4.69, 9.17) is 9.47 Å². The number of nitrogens with zero attached hydrogens (tertiary/aromatic N) is 4. The van der Waals surface area contributed by atoms with Gasteiger partial charge in [-0.15, -0.1) is 0 Å². The summed E-state index contributed by atoms with van der Waals surface area (Å²) >= 11 is 0. The van der Waals surface area contributed by atoms with Crippen LogP contribution in [-0.2, 0) is 65.6 Å². The number of carbonyl (C=O) groups is 9. The minimum atomic E-state index is -1.22. The zero-order chi connectivity index (χ0) is 65.8. The average Bonchev–Trinajstić information content (AvgIpc) is 1.49. The summed E-state index contributed by atoms with van der Waals surface area (Å²) in [4.78, 5) is 129. The molecule has 21 heteroatoms. The second kappa shape index (κ2) is 35.2. The molecule has 1 aromatic carbocycles. The highest BCUT2D eigenvalue weighted by atomic mass is 16.5. The van der Waals surface area contributed by atoms with Gasteiger partial charge in [0.2, 0.25) is 53.2 Å². The van der Waals surface area contributed by atoms with E-state index in [1.165, 1.54) is 24.5 Å². The first-order chi connectivity index (χ1) is 41.6. The van der Waals surface area contributed by atoms with Gasteiger partial charge in [-0.25, -0.2) is 0 Å². The first-order valence-corrected chi connectivity index (χ1v) is 33.0. The first-order valence-electron chi connectivity index (χ1n) is 33.0. The number of ether oxygens (including phenoxy) is 2. The largest absolute Gasteiger partial charge is 0.391 e. The van der Waals surface area contributed by atoms with Crippen molar-refractivity contribution >= 4 is 53.2 Å². The maximum Gasteiger partial charge on any atom is 0.245 e. The molecule has 13 unspecified atom stereocenters. The zero-order valence-electron chi connectivity index (χ0n) is 56.4. The normalized spacial score (nSPS) is 22.1. The molecule has 9 amide bonds. The molecule has 2 heterocycles. The molecule has 498 valence electrons. The average molecular weight is 1240 g/mol. The van der Waals surface area contributed by atoms with E-state index in [2.05, 4.69) is 59.7 Å². The van der Waals surface area contributed by atoms with Crippen LogP contribution in [0.4, 0.5) is 0 Å². The number of likely N-dealkylation sites (tertiary alicyclic amines) is 2. The number of carbonyl (C=O) groups excluding carboxylic acids is 9. The first kappa shape index (κ1) is 75.0. The number of aliphatic hydroxyl groups excluding tert-OH is 1. The Morgan fingerprint density at radius 3 is 1.99 bits per heavy atom. The van der Waals surface area contributed by atoms with Crippen molar-refractivity contribution in [3.8, 4) is 0 Å². The van der Waals surface area contributed by atoms with E-state index in [1.54, 1.807) is 30.9 Å². The van der Waals surface area contributed by atoms with E-state index in [-0.39, 0.29) is 102 Å². The summed E-state index contributed by atoms with van der Waals surface area (Å²) in [6.45, 7) is 25.0. The summed E-state index contributed by atoms with van der Waals surface area (Å²) in [6.07, 6.45) is 7.25. The van der Waals surface area contributed by atoms with Crippen LogP contribution in [0.15, 0.2) is 24.3 Å². The van der Waals surface area contributed by atoms with Crippen LogP contribution in [-0.4, -0.2) is 175 Å². The standard InChI is InChI=1S/C67H113N9O12/c1-17-21-28-47-29-25-30-48(39-47)41-68-61(82)56(46(11)77)70-60(81)45(10)58(88-16)50-31-26-37-75(50)54(80)40-51(87-15)49(44(9)18-2)34-38-74(14)63(84)55(42(5)6)69-62(83)57(43(7)8)73(13)35-27-33-53(79)72-71-52(78)32-23-22-24-36-76-64(85)59-66(12,19-3)67(59,20-4)65(76)86/h25,29-30,39,42-46,49-51,55-59,77H,17-24,26-28,31-38,40-41H2,1-16H3,(H,68,82)(H,69,83)(H,70,81)(H,71,78)(H,72,79). The summed E-state index contributed by atoms with van der Waals surface area (Å²) in [7, 11) is 6.64. The molecule has 0 spiro atoms. The summed E-state index contributed by atoms with van der Waals surface area (Å²) < 4.78 is 12.1. The fourth-order valence-corrected chi connectivity index (χ4v) is 14.1. The number of aliphatic hydroxyl groups is 1. The molecule has 88 heavy (non-hydrogen) atoms. The second-order valence-electron chi connectivity index (χ2n) is 26.5. The SMILES string of the molecule is CCCCc1cccc(CNC(=O)C(NC(=O)C(C)C(OC)C2CCCN2C(=O)CC(OC)C(CCN(C)C(=O)C(NC(=O)C(C(C)C)N(C)CCCC(=O)NNC(=O)CCCCCN2C(=O)C3C(C)(CC)C3(CC)C2=O)C(C)C)C(C)CC)C(C)O)c1. The van der Waals surface area contributed by atoms with E-state index in [9.17, 15) is 48.3 Å². The van der Waals surface area contributed by atoms with Crippen molar-refractivity contribution in [2.75, 3.05) is 54.5 Å². The molecule has 0 radical (unpaired) electrons. The number of amides is 9. The summed E-state index contributed by atoms with van der Waals surface area (Å²) in [5, 5.41) is 19.4. The molecule has 3 aliphatic rings. The number of hydrogen-bond acceptors (Lipinski definition) is 13. The number of hydrogen-bond donors (Lipinski definition) is 6. The van der Waals surface area contributed by atoms with E-state index in [1.807, 2.05) is 72.5 Å². The maximum absolute atomic E-state index is 14.4.